The number of urea groups is 1. The molecule has 1 heterocycles. The first kappa shape index (κ1) is 15.9. The minimum absolute atomic E-state index is 0.0140. The van der Waals surface area contributed by atoms with Crippen molar-refractivity contribution in [2.45, 2.75) is 25.3 Å². The third-order valence-corrected chi connectivity index (χ3v) is 3.46. The Balaban J connectivity index is 2.42. The molecule has 3 amide bonds. The summed E-state index contributed by atoms with van der Waals surface area (Å²) in [6.07, 6.45) is 1.22. The summed E-state index contributed by atoms with van der Waals surface area (Å²) in [4.78, 5) is 37.2. The molecule has 20 heavy (non-hydrogen) atoms. The van der Waals surface area contributed by atoms with Crippen molar-refractivity contribution in [3.05, 3.63) is 16.6 Å². The monoisotopic (exact) mass is 300 g/mol. The van der Waals surface area contributed by atoms with Gasteiger partial charge in [0, 0.05) is 24.0 Å². The normalized spacial score (nSPS) is 13.2. The van der Waals surface area contributed by atoms with Gasteiger partial charge >= 0.3 is 12.0 Å². The Hall–Kier alpha value is -2.16. The molecule has 9 heteroatoms. The van der Waals surface area contributed by atoms with Crippen LogP contribution in [0.25, 0.3) is 0 Å². The van der Waals surface area contributed by atoms with E-state index in [1.165, 1.54) is 11.3 Å². The zero-order valence-electron chi connectivity index (χ0n) is 10.8. The molecule has 0 radical (unpaired) electrons. The van der Waals surface area contributed by atoms with Crippen LogP contribution in [0.15, 0.2) is 11.6 Å². The molecule has 1 aromatic heterocycles. The number of rotatable bonds is 7. The van der Waals surface area contributed by atoms with Gasteiger partial charge in [0.05, 0.1) is 11.4 Å². The van der Waals surface area contributed by atoms with Gasteiger partial charge in [0.2, 0.25) is 5.91 Å². The highest BCUT2D eigenvalue weighted by molar-refractivity contribution is 7.09. The molecule has 1 aromatic rings. The second-order valence-corrected chi connectivity index (χ2v) is 5.11. The SMILES string of the molecule is CC(CNC(=O)NC(CC(N)=O)C(=O)O)c1nccs1. The highest BCUT2D eigenvalue weighted by atomic mass is 32.1. The number of aliphatic carboxylic acids is 1. The zero-order chi connectivity index (χ0) is 15.1. The molecule has 1 rings (SSSR count). The lowest BCUT2D eigenvalue weighted by molar-refractivity contribution is -0.140. The average molecular weight is 300 g/mol. The Morgan fingerprint density at radius 3 is 2.70 bits per heavy atom. The number of thiazole rings is 1. The van der Waals surface area contributed by atoms with Gasteiger partial charge in [-0.05, 0) is 0 Å². The quantitative estimate of drug-likeness (QED) is 0.556. The third-order valence-electron chi connectivity index (χ3n) is 2.45. The number of carbonyl (C=O) groups is 3. The van der Waals surface area contributed by atoms with Crippen molar-refractivity contribution in [2.75, 3.05) is 6.54 Å². The number of hydrogen-bond donors (Lipinski definition) is 4. The van der Waals surface area contributed by atoms with Crippen LogP contribution in [0.4, 0.5) is 4.79 Å². The molecule has 0 saturated heterocycles. The Labute approximate surface area is 119 Å². The van der Waals surface area contributed by atoms with Crippen LogP contribution in [0.1, 0.15) is 24.3 Å². The number of nitrogens with zero attached hydrogens (tertiary/aromatic N) is 1. The summed E-state index contributed by atoms with van der Waals surface area (Å²) in [5.41, 5.74) is 4.91. The highest BCUT2D eigenvalue weighted by Crippen LogP contribution is 2.16. The van der Waals surface area contributed by atoms with E-state index in [9.17, 15) is 14.4 Å². The summed E-state index contributed by atoms with van der Waals surface area (Å²) in [7, 11) is 0. The molecule has 0 saturated carbocycles. The van der Waals surface area contributed by atoms with E-state index in [0.717, 1.165) is 5.01 Å². The smallest absolute Gasteiger partial charge is 0.326 e. The number of nitrogens with one attached hydrogen (secondary N) is 2. The van der Waals surface area contributed by atoms with Crippen LogP contribution in [0, 0.1) is 0 Å². The molecule has 0 fully saturated rings. The van der Waals surface area contributed by atoms with E-state index in [2.05, 4.69) is 15.6 Å². The first-order valence-electron chi connectivity index (χ1n) is 5.85. The van der Waals surface area contributed by atoms with Gasteiger partial charge in [-0.15, -0.1) is 11.3 Å². The number of primary amides is 1. The molecule has 0 aromatic carbocycles. The molecular weight excluding hydrogens is 284 g/mol. The Kier molecular flexibility index (Phi) is 5.91. The van der Waals surface area contributed by atoms with Gasteiger partial charge in [0.15, 0.2) is 0 Å². The standard InChI is InChI=1S/C11H16N4O4S/c1-6(9-13-2-3-20-9)5-14-11(19)15-7(10(17)18)4-8(12)16/h2-3,6-7H,4-5H2,1H3,(H2,12,16)(H,17,18)(H2,14,15,19). The zero-order valence-corrected chi connectivity index (χ0v) is 11.6. The summed E-state index contributed by atoms with van der Waals surface area (Å²) >= 11 is 1.47. The molecule has 8 nitrogen and oxygen atoms in total. The van der Waals surface area contributed by atoms with Crippen LogP contribution >= 0.6 is 11.3 Å². The summed E-state index contributed by atoms with van der Waals surface area (Å²) in [6, 6.07) is -2.00. The van der Waals surface area contributed by atoms with Crippen molar-refractivity contribution in [3.8, 4) is 0 Å². The molecular formula is C11H16N4O4S. The van der Waals surface area contributed by atoms with Crippen molar-refractivity contribution in [1.29, 1.82) is 0 Å². The second-order valence-electron chi connectivity index (χ2n) is 4.19. The van der Waals surface area contributed by atoms with Crippen molar-refractivity contribution in [3.63, 3.8) is 0 Å². The molecule has 0 aliphatic carbocycles. The average Bonchev–Trinajstić information content (AvgIpc) is 2.88. The number of carboxylic acids is 1. The largest absolute Gasteiger partial charge is 0.480 e. The van der Waals surface area contributed by atoms with Crippen LogP contribution in [-0.2, 0) is 9.59 Å². The fraction of sp³-hybridized carbons (Fsp3) is 0.455. The Bertz CT molecular complexity index is 477. The number of carbonyl (C=O) groups excluding carboxylic acids is 2. The summed E-state index contributed by atoms with van der Waals surface area (Å²) in [5, 5.41) is 16.3. The lowest BCUT2D eigenvalue weighted by atomic mass is 10.2. The molecule has 110 valence electrons. The predicted octanol–water partition coefficient (Wildman–Crippen LogP) is -0.126. The summed E-state index contributed by atoms with van der Waals surface area (Å²) < 4.78 is 0. The summed E-state index contributed by atoms with van der Waals surface area (Å²) in [5.74, 6) is -2.10. The lowest BCUT2D eigenvalue weighted by Gasteiger charge is -2.15. The van der Waals surface area contributed by atoms with E-state index in [1.807, 2.05) is 12.3 Å². The summed E-state index contributed by atoms with van der Waals surface area (Å²) in [6.45, 7) is 2.19. The minimum atomic E-state index is -1.33. The molecule has 0 spiro atoms. The van der Waals surface area contributed by atoms with Gasteiger partial charge in [-0.1, -0.05) is 6.92 Å². The first-order chi connectivity index (χ1) is 9.40. The van der Waals surface area contributed by atoms with Gasteiger partial charge in [0.1, 0.15) is 6.04 Å². The van der Waals surface area contributed by atoms with Crippen molar-refractivity contribution in [2.24, 2.45) is 5.73 Å². The van der Waals surface area contributed by atoms with Gasteiger partial charge < -0.3 is 21.5 Å². The van der Waals surface area contributed by atoms with E-state index in [0.29, 0.717) is 6.54 Å². The molecule has 0 bridgehead atoms. The lowest BCUT2D eigenvalue weighted by Crippen LogP contribution is -2.48. The van der Waals surface area contributed by atoms with Gasteiger partial charge in [-0.25, -0.2) is 14.6 Å². The number of nitrogens with two attached hydrogens (primary N) is 1. The van der Waals surface area contributed by atoms with Crippen molar-refractivity contribution in [1.82, 2.24) is 15.6 Å². The van der Waals surface area contributed by atoms with Gasteiger partial charge in [-0.2, -0.15) is 0 Å². The number of carboxylic acid groups (broad SMARTS) is 1. The van der Waals surface area contributed by atoms with E-state index < -0.39 is 30.4 Å². The van der Waals surface area contributed by atoms with Gasteiger partial charge in [0.25, 0.3) is 0 Å². The molecule has 0 aliphatic rings. The third kappa shape index (κ3) is 5.22. The van der Waals surface area contributed by atoms with E-state index in [1.54, 1.807) is 6.20 Å². The van der Waals surface area contributed by atoms with E-state index in [4.69, 9.17) is 10.8 Å². The highest BCUT2D eigenvalue weighted by Gasteiger charge is 2.22. The maximum absolute atomic E-state index is 11.6. The van der Waals surface area contributed by atoms with Crippen LogP contribution in [0.3, 0.4) is 0 Å². The van der Waals surface area contributed by atoms with Crippen LogP contribution < -0.4 is 16.4 Å². The molecule has 2 unspecified atom stereocenters. The van der Waals surface area contributed by atoms with Crippen LogP contribution in [0.5, 0.6) is 0 Å². The van der Waals surface area contributed by atoms with Crippen LogP contribution in [-0.4, -0.2) is 40.6 Å². The fourth-order valence-electron chi connectivity index (χ4n) is 1.42. The maximum Gasteiger partial charge on any atom is 0.326 e. The molecule has 2 atom stereocenters. The van der Waals surface area contributed by atoms with E-state index in [-0.39, 0.29) is 5.92 Å². The number of hydrogen-bond acceptors (Lipinski definition) is 5. The van der Waals surface area contributed by atoms with Gasteiger partial charge in [-0.3, -0.25) is 4.79 Å². The Morgan fingerprint density at radius 1 is 1.50 bits per heavy atom. The Morgan fingerprint density at radius 2 is 2.20 bits per heavy atom. The molecule has 0 aliphatic heterocycles. The molecule has 5 N–H and O–H groups in total. The topological polar surface area (TPSA) is 134 Å². The van der Waals surface area contributed by atoms with Crippen molar-refractivity contribution < 1.29 is 19.5 Å². The predicted molar refractivity (Wildman–Crippen MR) is 72.3 cm³/mol. The van der Waals surface area contributed by atoms with E-state index >= 15 is 0 Å². The maximum atomic E-state index is 11.6. The van der Waals surface area contributed by atoms with Crippen LogP contribution in [0.2, 0.25) is 0 Å². The fourth-order valence-corrected chi connectivity index (χ4v) is 2.12. The second kappa shape index (κ2) is 7.43. The first-order valence-corrected chi connectivity index (χ1v) is 6.73. The minimum Gasteiger partial charge on any atom is -0.480 e. The number of aromatic nitrogens is 1. The van der Waals surface area contributed by atoms with Crippen molar-refractivity contribution >= 4 is 29.2 Å². The number of amides is 3.